The summed E-state index contributed by atoms with van der Waals surface area (Å²) in [6, 6.07) is 7.53. The molecule has 9 heteroatoms. The lowest BCUT2D eigenvalue weighted by molar-refractivity contribution is 0.569. The molecule has 0 aliphatic rings. The number of sulfonamides is 1. The molecule has 1 unspecified atom stereocenters. The SMILES string of the molecule is CC(N)CCNS(=O)(=O)c1csc(-c2ccc(Br)cc2)n1.Cl. The molecule has 2 rings (SSSR count). The molecule has 22 heavy (non-hydrogen) atoms. The summed E-state index contributed by atoms with van der Waals surface area (Å²) >= 11 is 4.67. The minimum absolute atomic E-state index is 0. The molecule has 0 saturated heterocycles. The first-order valence-electron chi connectivity index (χ1n) is 6.35. The van der Waals surface area contributed by atoms with Crippen molar-refractivity contribution in [3.05, 3.63) is 34.1 Å². The van der Waals surface area contributed by atoms with Gasteiger partial charge in [0.1, 0.15) is 5.01 Å². The molecule has 0 saturated carbocycles. The normalized spacial score (nSPS) is 12.7. The van der Waals surface area contributed by atoms with Gasteiger partial charge in [-0.2, -0.15) is 0 Å². The van der Waals surface area contributed by atoms with E-state index in [-0.39, 0.29) is 23.5 Å². The van der Waals surface area contributed by atoms with Gasteiger partial charge in [0.2, 0.25) is 0 Å². The van der Waals surface area contributed by atoms with Crippen molar-refractivity contribution in [2.45, 2.75) is 24.4 Å². The second-order valence-electron chi connectivity index (χ2n) is 4.66. The third-order valence-electron chi connectivity index (χ3n) is 2.74. The summed E-state index contributed by atoms with van der Waals surface area (Å²) < 4.78 is 27.7. The van der Waals surface area contributed by atoms with Crippen molar-refractivity contribution in [3.8, 4) is 10.6 Å². The Bertz CT molecular complexity index is 702. The number of benzene rings is 1. The highest BCUT2D eigenvalue weighted by Crippen LogP contribution is 2.26. The highest BCUT2D eigenvalue weighted by atomic mass is 79.9. The predicted molar refractivity (Wildman–Crippen MR) is 96.0 cm³/mol. The Labute approximate surface area is 148 Å². The first kappa shape index (κ1) is 19.5. The monoisotopic (exact) mass is 425 g/mol. The second-order valence-corrected chi connectivity index (χ2v) is 8.15. The van der Waals surface area contributed by atoms with Crippen LogP contribution in [0.3, 0.4) is 0 Å². The van der Waals surface area contributed by atoms with Crippen molar-refractivity contribution >= 4 is 49.7 Å². The van der Waals surface area contributed by atoms with E-state index in [0.717, 1.165) is 10.0 Å². The van der Waals surface area contributed by atoms with Crippen LogP contribution in [0.2, 0.25) is 0 Å². The van der Waals surface area contributed by atoms with Crippen LogP contribution in [0, 0.1) is 0 Å². The number of nitrogens with two attached hydrogens (primary N) is 1. The third-order valence-corrected chi connectivity index (χ3v) is 5.65. The third kappa shape index (κ3) is 5.29. The van der Waals surface area contributed by atoms with Gasteiger partial charge in [-0.25, -0.2) is 18.1 Å². The van der Waals surface area contributed by atoms with Gasteiger partial charge in [0.25, 0.3) is 10.0 Å². The zero-order valence-corrected chi connectivity index (χ0v) is 15.9. The maximum atomic E-state index is 12.1. The molecule has 0 aliphatic carbocycles. The number of nitrogens with zero attached hydrogens (tertiary/aromatic N) is 1. The quantitative estimate of drug-likeness (QED) is 0.743. The van der Waals surface area contributed by atoms with Gasteiger partial charge in [0, 0.05) is 28.0 Å². The maximum absolute atomic E-state index is 12.1. The smallest absolute Gasteiger partial charge is 0.258 e. The van der Waals surface area contributed by atoms with Crippen LogP contribution < -0.4 is 10.5 Å². The lowest BCUT2D eigenvalue weighted by Crippen LogP contribution is -2.29. The van der Waals surface area contributed by atoms with E-state index in [1.54, 1.807) is 5.38 Å². The molecule has 5 nitrogen and oxygen atoms in total. The molecule has 0 spiro atoms. The molecule has 0 fully saturated rings. The van der Waals surface area contributed by atoms with Crippen LogP contribution in [-0.4, -0.2) is 26.0 Å². The average molecular weight is 427 g/mol. The molecule has 122 valence electrons. The number of aromatic nitrogens is 1. The highest BCUT2D eigenvalue weighted by molar-refractivity contribution is 9.10. The summed E-state index contributed by atoms with van der Waals surface area (Å²) in [4.78, 5) is 4.20. The number of nitrogens with one attached hydrogen (secondary N) is 1. The number of thiazole rings is 1. The molecule has 0 bridgehead atoms. The van der Waals surface area contributed by atoms with Crippen LogP contribution in [0.25, 0.3) is 10.6 Å². The van der Waals surface area contributed by atoms with Crippen molar-refractivity contribution in [3.63, 3.8) is 0 Å². The van der Waals surface area contributed by atoms with Gasteiger partial charge in [0.15, 0.2) is 5.03 Å². The summed E-state index contributed by atoms with van der Waals surface area (Å²) in [5.74, 6) is 0. The highest BCUT2D eigenvalue weighted by Gasteiger charge is 2.18. The molecule has 1 aromatic carbocycles. The van der Waals surface area contributed by atoms with E-state index in [1.165, 1.54) is 11.3 Å². The summed E-state index contributed by atoms with van der Waals surface area (Å²) in [5, 5.41) is 2.27. The van der Waals surface area contributed by atoms with E-state index in [1.807, 2.05) is 31.2 Å². The standard InChI is InChI=1S/C13H16BrN3O2S2.ClH/c1-9(15)6-7-16-21(18,19)12-8-20-13(17-12)10-2-4-11(14)5-3-10;/h2-5,8-9,16H,6-7,15H2,1H3;1H. The first-order chi connectivity index (χ1) is 9.88. The van der Waals surface area contributed by atoms with Crippen molar-refractivity contribution in [2.24, 2.45) is 5.73 Å². The Kier molecular flexibility index (Phi) is 7.43. The van der Waals surface area contributed by atoms with Gasteiger partial charge in [-0.15, -0.1) is 23.7 Å². The van der Waals surface area contributed by atoms with Gasteiger partial charge in [0.05, 0.1) is 0 Å². The van der Waals surface area contributed by atoms with E-state index in [9.17, 15) is 8.42 Å². The van der Waals surface area contributed by atoms with Crippen LogP contribution in [0.15, 0.2) is 39.1 Å². The van der Waals surface area contributed by atoms with Crippen LogP contribution >= 0.6 is 39.7 Å². The van der Waals surface area contributed by atoms with Crippen LogP contribution in [-0.2, 0) is 10.0 Å². The molecule has 2 aromatic rings. The molecule has 0 radical (unpaired) electrons. The fourth-order valence-corrected chi connectivity index (χ4v) is 4.01. The van der Waals surface area contributed by atoms with E-state index in [0.29, 0.717) is 18.0 Å². The Balaban J connectivity index is 0.00000242. The molecular formula is C13H17BrClN3O2S2. The largest absolute Gasteiger partial charge is 0.328 e. The van der Waals surface area contributed by atoms with E-state index < -0.39 is 10.0 Å². The number of hydrogen-bond acceptors (Lipinski definition) is 5. The average Bonchev–Trinajstić information content (AvgIpc) is 2.89. The van der Waals surface area contributed by atoms with E-state index >= 15 is 0 Å². The predicted octanol–water partition coefficient (Wildman–Crippen LogP) is 3.01. The maximum Gasteiger partial charge on any atom is 0.258 e. The van der Waals surface area contributed by atoms with Crippen LogP contribution in [0.5, 0.6) is 0 Å². The summed E-state index contributed by atoms with van der Waals surface area (Å²) in [6.07, 6.45) is 0.586. The molecule has 1 heterocycles. The molecule has 0 amide bonds. The zero-order chi connectivity index (χ0) is 15.5. The Hall–Kier alpha value is -0.510. The summed E-state index contributed by atoms with van der Waals surface area (Å²) in [6.45, 7) is 2.15. The molecule has 1 atom stereocenters. The van der Waals surface area contributed by atoms with Gasteiger partial charge in [-0.05, 0) is 25.5 Å². The Morgan fingerprint density at radius 1 is 1.36 bits per heavy atom. The summed E-state index contributed by atoms with van der Waals surface area (Å²) in [7, 11) is -3.57. The van der Waals surface area contributed by atoms with E-state index in [2.05, 4.69) is 25.6 Å². The fourth-order valence-electron chi connectivity index (χ4n) is 1.60. The molecule has 1 aromatic heterocycles. The lowest BCUT2D eigenvalue weighted by Gasteiger charge is -2.06. The second kappa shape index (κ2) is 8.37. The minimum Gasteiger partial charge on any atom is -0.328 e. The Morgan fingerprint density at radius 2 is 2.00 bits per heavy atom. The van der Waals surface area contributed by atoms with Gasteiger partial charge in [-0.3, -0.25) is 0 Å². The van der Waals surface area contributed by atoms with Crippen molar-refractivity contribution in [2.75, 3.05) is 6.54 Å². The van der Waals surface area contributed by atoms with Gasteiger partial charge in [-0.1, -0.05) is 28.1 Å². The minimum atomic E-state index is -3.57. The fraction of sp³-hybridized carbons (Fsp3) is 0.308. The first-order valence-corrected chi connectivity index (χ1v) is 9.51. The molecule has 0 aliphatic heterocycles. The van der Waals surface area contributed by atoms with Crippen LogP contribution in [0.1, 0.15) is 13.3 Å². The number of halogens is 2. The van der Waals surface area contributed by atoms with Crippen LogP contribution in [0.4, 0.5) is 0 Å². The molecular weight excluding hydrogens is 410 g/mol. The van der Waals surface area contributed by atoms with E-state index in [4.69, 9.17) is 5.73 Å². The zero-order valence-electron chi connectivity index (χ0n) is 11.8. The number of hydrogen-bond donors (Lipinski definition) is 2. The van der Waals surface area contributed by atoms with Gasteiger partial charge < -0.3 is 5.73 Å². The summed E-state index contributed by atoms with van der Waals surface area (Å²) in [5.41, 5.74) is 6.49. The topological polar surface area (TPSA) is 85.1 Å². The van der Waals surface area contributed by atoms with Gasteiger partial charge >= 0.3 is 0 Å². The number of rotatable bonds is 6. The van der Waals surface area contributed by atoms with Crippen molar-refractivity contribution < 1.29 is 8.42 Å². The lowest BCUT2D eigenvalue weighted by atomic mass is 10.2. The van der Waals surface area contributed by atoms with Crippen molar-refractivity contribution in [1.29, 1.82) is 0 Å². The molecule has 3 N–H and O–H groups in total. The Morgan fingerprint density at radius 3 is 2.59 bits per heavy atom. The van der Waals surface area contributed by atoms with Crippen molar-refractivity contribution in [1.82, 2.24) is 9.71 Å².